The third-order valence-electron chi connectivity index (χ3n) is 10.7. The minimum atomic E-state index is -0.501. The van der Waals surface area contributed by atoms with Crippen LogP contribution in [0.2, 0.25) is 0 Å². The van der Waals surface area contributed by atoms with Gasteiger partial charge in [-0.1, -0.05) is 0 Å². The number of fused-ring (bicyclic) bond motifs is 8. The zero-order valence-corrected chi connectivity index (χ0v) is 39.6. The smallest absolute Gasteiger partial charge is 0.338 e. The maximum absolute atomic E-state index is 13.7. The Morgan fingerprint density at radius 1 is 0.379 bits per heavy atom. The molecule has 0 aliphatic heterocycles. The van der Waals surface area contributed by atoms with Crippen molar-refractivity contribution in [2.45, 2.75) is 80.4 Å². The molecule has 0 amide bonds. The molecular weight excluding hydrogens is 849 g/mol. The summed E-state index contributed by atoms with van der Waals surface area (Å²) in [7, 11) is 0. The molecule has 1 aliphatic rings. The third-order valence-corrected chi connectivity index (χ3v) is 10.7. The van der Waals surface area contributed by atoms with Crippen molar-refractivity contribution in [3.63, 3.8) is 0 Å². The monoisotopic (exact) mass is 916 g/mol. The summed E-state index contributed by atoms with van der Waals surface area (Å²) in [5, 5.41) is 21.6. The highest BCUT2D eigenvalue weighted by molar-refractivity contribution is 5.91. The molecular formula is C52H68O14. The topological polar surface area (TPSA) is 167 Å². The van der Waals surface area contributed by atoms with Gasteiger partial charge in [0.05, 0.1) is 64.0 Å². The number of hydrogen-bond donors (Lipinski definition) is 2. The van der Waals surface area contributed by atoms with E-state index in [-0.39, 0.29) is 78.5 Å². The number of esters is 2. The summed E-state index contributed by atoms with van der Waals surface area (Å²) >= 11 is 0. The van der Waals surface area contributed by atoms with E-state index in [1.807, 2.05) is 52.0 Å². The summed E-state index contributed by atoms with van der Waals surface area (Å²) < 4.78 is 60.7. The van der Waals surface area contributed by atoms with Crippen LogP contribution in [0.4, 0.5) is 0 Å². The van der Waals surface area contributed by atoms with Gasteiger partial charge in [0.2, 0.25) is 0 Å². The van der Waals surface area contributed by atoms with Crippen molar-refractivity contribution in [1.82, 2.24) is 0 Å². The molecule has 0 aromatic heterocycles. The fraction of sp³-hybridized carbons (Fsp3) is 0.500. The van der Waals surface area contributed by atoms with E-state index < -0.39 is 11.9 Å². The Hall–Kier alpha value is -5.22. The molecule has 14 heteroatoms. The molecule has 4 aromatic rings. The predicted octanol–water partition coefficient (Wildman–Crippen LogP) is 7.36. The van der Waals surface area contributed by atoms with Gasteiger partial charge in [-0.05, 0) is 146 Å². The number of carbonyl (C=O) groups excluding carboxylic acids is 2. The van der Waals surface area contributed by atoms with Crippen molar-refractivity contribution in [1.29, 1.82) is 0 Å². The Morgan fingerprint density at radius 2 is 0.621 bits per heavy atom. The van der Waals surface area contributed by atoms with E-state index in [0.29, 0.717) is 143 Å². The van der Waals surface area contributed by atoms with Crippen molar-refractivity contribution in [2.75, 3.05) is 92.5 Å². The first-order valence-corrected chi connectivity index (χ1v) is 23.2. The Bertz CT molecular complexity index is 1930. The average molecular weight is 917 g/mol. The standard InChI is InChI=1S/C52H68O14/c1-7-57-13-17-63-47-37-21-35(33-53)22-38(47)26-42-30-46(52(56)62-12-6)32-44(50(42)66-20-16-60-10-4)28-40-24-36(34-54)23-39(48(40)64-18-14-58-8-2)27-43-31-45(51(55)61-11-5)29-41(25-37)49(43)65-19-15-59-9-3/h21-24,29-32,53-54H,7-20,25-28,33-34H2,1-6H3. The molecule has 0 radical (unpaired) electrons. The zero-order valence-electron chi connectivity index (χ0n) is 39.6. The largest absolute Gasteiger partial charge is 0.491 e. The molecule has 14 nitrogen and oxygen atoms in total. The number of benzene rings is 4. The SMILES string of the molecule is CCOCCOc1c2cc(CO)cc1Cc1cc(C(=O)OCC)cc(c1OCCOCC)Cc1cc(CO)cc(c1OCCOCC)Cc1cc(C(=O)OCC)cc(c1OCCOCC)C2. The molecule has 0 heterocycles. The van der Waals surface area contributed by atoms with E-state index in [4.69, 9.17) is 47.4 Å². The van der Waals surface area contributed by atoms with Gasteiger partial charge in [-0.25, -0.2) is 9.59 Å². The first kappa shape index (κ1) is 51.8. The van der Waals surface area contributed by atoms with Gasteiger partial charge >= 0.3 is 11.9 Å². The second-order valence-electron chi connectivity index (χ2n) is 15.4. The van der Waals surface area contributed by atoms with Crippen LogP contribution in [-0.2, 0) is 67.3 Å². The molecule has 4 aromatic carbocycles. The van der Waals surface area contributed by atoms with E-state index >= 15 is 0 Å². The van der Waals surface area contributed by atoms with Crippen LogP contribution in [0.1, 0.15) is 118 Å². The van der Waals surface area contributed by atoms with Gasteiger partial charge in [0.1, 0.15) is 49.4 Å². The number of carbonyl (C=O) groups is 2. The summed E-state index contributed by atoms with van der Waals surface area (Å²) in [6.45, 7) is 15.2. The van der Waals surface area contributed by atoms with Crippen LogP contribution in [0.3, 0.4) is 0 Å². The Morgan fingerprint density at radius 3 is 0.833 bits per heavy atom. The van der Waals surface area contributed by atoms with Gasteiger partial charge in [0.15, 0.2) is 0 Å². The second kappa shape index (κ2) is 27.4. The van der Waals surface area contributed by atoms with Crippen molar-refractivity contribution < 1.29 is 67.2 Å². The fourth-order valence-corrected chi connectivity index (χ4v) is 8.01. The fourth-order valence-electron chi connectivity index (χ4n) is 8.01. The molecule has 66 heavy (non-hydrogen) atoms. The number of hydrogen-bond acceptors (Lipinski definition) is 14. The summed E-state index contributed by atoms with van der Waals surface area (Å²) in [6, 6.07) is 14.7. The number of aliphatic hydroxyl groups excluding tert-OH is 2. The molecule has 0 fully saturated rings. The van der Waals surface area contributed by atoms with Crippen LogP contribution >= 0.6 is 0 Å². The molecule has 0 unspecified atom stereocenters. The molecule has 360 valence electrons. The van der Waals surface area contributed by atoms with Gasteiger partial charge < -0.3 is 57.6 Å². The van der Waals surface area contributed by atoms with Crippen LogP contribution in [0.15, 0.2) is 48.5 Å². The molecule has 8 bridgehead atoms. The van der Waals surface area contributed by atoms with E-state index in [1.165, 1.54) is 0 Å². The highest BCUT2D eigenvalue weighted by Crippen LogP contribution is 2.41. The van der Waals surface area contributed by atoms with Crippen molar-refractivity contribution in [3.05, 3.63) is 115 Å². The third kappa shape index (κ3) is 14.4. The van der Waals surface area contributed by atoms with Gasteiger partial charge in [-0.3, -0.25) is 0 Å². The first-order valence-electron chi connectivity index (χ1n) is 23.2. The van der Waals surface area contributed by atoms with Gasteiger partial charge in [0.25, 0.3) is 0 Å². The van der Waals surface area contributed by atoms with Crippen LogP contribution in [-0.4, -0.2) is 115 Å². The van der Waals surface area contributed by atoms with Crippen molar-refractivity contribution in [3.8, 4) is 23.0 Å². The van der Waals surface area contributed by atoms with Crippen molar-refractivity contribution in [2.24, 2.45) is 0 Å². The molecule has 0 spiro atoms. The predicted molar refractivity (Wildman–Crippen MR) is 249 cm³/mol. The van der Waals surface area contributed by atoms with Gasteiger partial charge in [-0.15, -0.1) is 0 Å². The summed E-state index contributed by atoms with van der Waals surface area (Å²) in [5.74, 6) is 1.17. The lowest BCUT2D eigenvalue weighted by atomic mass is 9.88. The molecule has 0 saturated carbocycles. The Balaban J connectivity index is 1.91. The van der Waals surface area contributed by atoms with Crippen LogP contribution in [0.25, 0.3) is 0 Å². The lowest BCUT2D eigenvalue weighted by Crippen LogP contribution is -2.16. The molecule has 0 saturated heterocycles. The van der Waals surface area contributed by atoms with Crippen LogP contribution in [0.5, 0.6) is 23.0 Å². The van der Waals surface area contributed by atoms with E-state index in [1.54, 1.807) is 38.1 Å². The highest BCUT2D eigenvalue weighted by atomic mass is 16.5. The van der Waals surface area contributed by atoms with Crippen LogP contribution in [0, 0.1) is 0 Å². The van der Waals surface area contributed by atoms with Crippen molar-refractivity contribution >= 4 is 11.9 Å². The number of aliphatic hydroxyl groups is 2. The van der Waals surface area contributed by atoms with Gasteiger partial charge in [0, 0.05) is 52.1 Å². The minimum Gasteiger partial charge on any atom is -0.491 e. The molecule has 2 N–H and O–H groups in total. The second-order valence-corrected chi connectivity index (χ2v) is 15.4. The summed E-state index contributed by atoms with van der Waals surface area (Å²) in [6.07, 6.45) is 0.835. The summed E-state index contributed by atoms with van der Waals surface area (Å²) in [5.41, 5.74) is 7.42. The lowest BCUT2D eigenvalue weighted by molar-refractivity contribution is 0.0516. The Kier molecular flexibility index (Phi) is 21.5. The quantitative estimate of drug-likeness (QED) is 0.0417. The molecule has 1 aliphatic carbocycles. The normalized spacial score (nSPS) is 12.1. The van der Waals surface area contributed by atoms with Crippen LogP contribution < -0.4 is 18.9 Å². The summed E-state index contributed by atoms with van der Waals surface area (Å²) in [4.78, 5) is 27.5. The van der Waals surface area contributed by atoms with Gasteiger partial charge in [-0.2, -0.15) is 0 Å². The first-order chi connectivity index (χ1) is 32.2. The number of rotatable bonds is 26. The van der Waals surface area contributed by atoms with E-state index in [2.05, 4.69) is 0 Å². The molecule has 5 rings (SSSR count). The zero-order chi connectivity index (χ0) is 47.3. The number of ether oxygens (including phenoxy) is 10. The van der Waals surface area contributed by atoms with E-state index in [9.17, 15) is 19.8 Å². The lowest BCUT2D eigenvalue weighted by Gasteiger charge is -2.24. The maximum atomic E-state index is 13.7. The molecule has 0 atom stereocenters. The Labute approximate surface area is 389 Å². The highest BCUT2D eigenvalue weighted by Gasteiger charge is 2.26. The minimum absolute atomic E-state index is 0.172. The maximum Gasteiger partial charge on any atom is 0.338 e. The van der Waals surface area contributed by atoms with E-state index in [0.717, 1.165) is 0 Å². The average Bonchev–Trinajstić information content (AvgIpc) is 3.31.